The molecule has 1 heterocycles. The van der Waals surface area contributed by atoms with Crippen LogP contribution in [0.15, 0.2) is 47.4 Å². The predicted molar refractivity (Wildman–Crippen MR) is 100 cm³/mol. The normalized spacial score (nSPS) is 14.0. The topological polar surface area (TPSA) is 93.7 Å². The average molecular weight is 411 g/mol. The Labute approximate surface area is 162 Å². The van der Waals surface area contributed by atoms with Gasteiger partial charge in [0.2, 0.25) is 22.7 Å². The molecule has 0 bridgehead atoms. The van der Waals surface area contributed by atoms with Crippen LogP contribution in [0.1, 0.15) is 24.9 Å². The van der Waals surface area contributed by atoms with Gasteiger partial charge in [0.05, 0.1) is 11.1 Å². The fourth-order valence-electron chi connectivity index (χ4n) is 2.62. The smallest absolute Gasteiger partial charge is 0.242 e. The van der Waals surface area contributed by atoms with Crippen LogP contribution < -0.4 is 19.5 Å². The minimum absolute atomic E-state index is 0.00141. The minimum atomic E-state index is -3.77. The van der Waals surface area contributed by atoms with Gasteiger partial charge in [-0.25, -0.2) is 13.1 Å². The van der Waals surface area contributed by atoms with Crippen molar-refractivity contribution >= 4 is 27.5 Å². The highest BCUT2D eigenvalue weighted by atomic mass is 35.5. The van der Waals surface area contributed by atoms with Gasteiger partial charge < -0.3 is 14.8 Å². The fraction of sp³-hybridized carbons (Fsp3) is 0.278. The molecule has 1 amide bonds. The molecule has 1 aliphatic rings. The van der Waals surface area contributed by atoms with Crippen LogP contribution >= 0.6 is 11.6 Å². The molecule has 27 heavy (non-hydrogen) atoms. The molecule has 1 atom stereocenters. The Morgan fingerprint density at radius 3 is 2.70 bits per heavy atom. The van der Waals surface area contributed by atoms with Crippen molar-refractivity contribution in [3.05, 3.63) is 53.1 Å². The van der Waals surface area contributed by atoms with Crippen molar-refractivity contribution in [2.75, 3.05) is 13.3 Å². The van der Waals surface area contributed by atoms with E-state index >= 15 is 0 Å². The summed E-state index contributed by atoms with van der Waals surface area (Å²) >= 11 is 5.91. The molecule has 0 aliphatic carbocycles. The van der Waals surface area contributed by atoms with Crippen LogP contribution in [0.2, 0.25) is 5.02 Å². The number of amides is 1. The second-order valence-electron chi connectivity index (χ2n) is 5.98. The third kappa shape index (κ3) is 4.71. The van der Waals surface area contributed by atoms with E-state index in [0.29, 0.717) is 11.5 Å². The van der Waals surface area contributed by atoms with Crippen molar-refractivity contribution in [2.45, 2.75) is 24.3 Å². The van der Waals surface area contributed by atoms with Crippen molar-refractivity contribution in [3.63, 3.8) is 0 Å². The second kappa shape index (κ2) is 8.16. The maximum atomic E-state index is 12.2. The zero-order valence-electron chi connectivity index (χ0n) is 14.6. The molecule has 1 aliphatic heterocycles. The maximum Gasteiger partial charge on any atom is 0.242 e. The van der Waals surface area contributed by atoms with Gasteiger partial charge in [-0.2, -0.15) is 0 Å². The molecule has 0 radical (unpaired) electrons. The number of halogens is 1. The third-order valence-corrected chi connectivity index (χ3v) is 6.01. The number of rotatable bonds is 7. The first-order chi connectivity index (χ1) is 12.9. The molecule has 2 N–H and O–H groups in total. The first-order valence-corrected chi connectivity index (χ1v) is 10.2. The van der Waals surface area contributed by atoms with Crippen LogP contribution in [0.5, 0.6) is 11.5 Å². The number of sulfonamides is 1. The molecule has 3 rings (SSSR count). The molecular weight excluding hydrogens is 392 g/mol. The summed E-state index contributed by atoms with van der Waals surface area (Å²) < 4.78 is 37.4. The van der Waals surface area contributed by atoms with Crippen LogP contribution in [0.25, 0.3) is 0 Å². The summed E-state index contributed by atoms with van der Waals surface area (Å²) in [6.45, 7) is 1.99. The van der Waals surface area contributed by atoms with E-state index in [4.69, 9.17) is 21.1 Å². The molecule has 144 valence electrons. The van der Waals surface area contributed by atoms with E-state index in [1.165, 1.54) is 12.1 Å². The maximum absolute atomic E-state index is 12.2. The monoisotopic (exact) mass is 410 g/mol. The lowest BCUT2D eigenvalue weighted by Gasteiger charge is -2.15. The quantitative estimate of drug-likeness (QED) is 0.731. The Bertz CT molecular complexity index is 949. The standard InChI is InChI=1S/C18H19ClN2O5S/c1-12(13-6-7-15-16(10-13)26-11-25-15)21-18(22)8-9-20-27(23,24)17-5-3-2-4-14(17)19/h2-7,10,12,20H,8-9,11H2,1H3,(H,21,22). The highest BCUT2D eigenvalue weighted by molar-refractivity contribution is 7.89. The van der Waals surface area contributed by atoms with Gasteiger partial charge >= 0.3 is 0 Å². The molecule has 1 unspecified atom stereocenters. The van der Waals surface area contributed by atoms with E-state index in [1.807, 2.05) is 19.1 Å². The van der Waals surface area contributed by atoms with Crippen molar-refractivity contribution in [3.8, 4) is 11.5 Å². The second-order valence-corrected chi connectivity index (χ2v) is 8.12. The number of hydrogen-bond donors (Lipinski definition) is 2. The zero-order chi connectivity index (χ0) is 19.4. The lowest BCUT2D eigenvalue weighted by Crippen LogP contribution is -2.32. The Morgan fingerprint density at radius 2 is 1.93 bits per heavy atom. The highest BCUT2D eigenvalue weighted by Gasteiger charge is 2.19. The number of nitrogens with one attached hydrogen (secondary N) is 2. The number of ether oxygens (including phenoxy) is 2. The van der Waals surface area contributed by atoms with Gasteiger partial charge in [-0.3, -0.25) is 4.79 Å². The molecule has 7 nitrogen and oxygen atoms in total. The minimum Gasteiger partial charge on any atom is -0.454 e. The lowest BCUT2D eigenvalue weighted by atomic mass is 10.1. The van der Waals surface area contributed by atoms with E-state index < -0.39 is 10.0 Å². The number of benzene rings is 2. The van der Waals surface area contributed by atoms with Gasteiger partial charge in [-0.05, 0) is 36.8 Å². The molecule has 9 heteroatoms. The van der Waals surface area contributed by atoms with E-state index in [9.17, 15) is 13.2 Å². The zero-order valence-corrected chi connectivity index (χ0v) is 16.1. The Balaban J connectivity index is 1.52. The number of fused-ring (bicyclic) bond motifs is 1. The van der Waals surface area contributed by atoms with Crippen LogP contribution in [0.4, 0.5) is 0 Å². The van der Waals surface area contributed by atoms with Crippen molar-refractivity contribution in [1.82, 2.24) is 10.0 Å². The van der Waals surface area contributed by atoms with E-state index in [-0.39, 0.29) is 41.6 Å². The fourth-order valence-corrected chi connectivity index (χ4v) is 4.17. The van der Waals surface area contributed by atoms with Gasteiger partial charge in [-0.15, -0.1) is 0 Å². The van der Waals surface area contributed by atoms with Crippen molar-refractivity contribution in [1.29, 1.82) is 0 Å². The summed E-state index contributed by atoms with van der Waals surface area (Å²) in [5, 5.41) is 2.96. The third-order valence-electron chi connectivity index (χ3n) is 4.04. The first-order valence-electron chi connectivity index (χ1n) is 8.30. The predicted octanol–water partition coefficient (Wildman–Crippen LogP) is 2.61. The van der Waals surface area contributed by atoms with E-state index in [1.54, 1.807) is 18.2 Å². The summed E-state index contributed by atoms with van der Waals surface area (Å²) in [4.78, 5) is 12.1. The highest BCUT2D eigenvalue weighted by Crippen LogP contribution is 2.34. The molecule has 0 spiro atoms. The molecule has 0 fully saturated rings. The molecule has 2 aromatic rings. The Hall–Kier alpha value is -2.29. The largest absolute Gasteiger partial charge is 0.454 e. The van der Waals surface area contributed by atoms with Gasteiger partial charge in [0.15, 0.2) is 11.5 Å². The summed E-state index contributed by atoms with van der Waals surface area (Å²) in [5.74, 6) is 1.04. The summed E-state index contributed by atoms with van der Waals surface area (Å²) in [5.41, 5.74) is 0.865. The van der Waals surface area contributed by atoms with Crippen LogP contribution in [0, 0.1) is 0 Å². The van der Waals surface area contributed by atoms with E-state index in [2.05, 4.69) is 10.0 Å². The number of carbonyl (C=O) groups excluding carboxylic acids is 1. The van der Waals surface area contributed by atoms with Crippen molar-refractivity contribution in [2.24, 2.45) is 0 Å². The summed E-state index contributed by atoms with van der Waals surface area (Å²) in [7, 11) is -3.77. The van der Waals surface area contributed by atoms with Crippen LogP contribution in [-0.4, -0.2) is 27.7 Å². The molecule has 0 saturated heterocycles. The first kappa shape index (κ1) is 19.5. The number of carbonyl (C=O) groups is 1. The van der Waals surface area contributed by atoms with Gasteiger partial charge in [0.1, 0.15) is 4.90 Å². The SMILES string of the molecule is CC(NC(=O)CCNS(=O)(=O)c1ccccc1Cl)c1ccc2c(c1)OCO2. The van der Waals surface area contributed by atoms with Gasteiger partial charge in [0, 0.05) is 13.0 Å². The lowest BCUT2D eigenvalue weighted by molar-refractivity contribution is -0.121. The molecule has 2 aromatic carbocycles. The Kier molecular flexibility index (Phi) is 5.88. The van der Waals surface area contributed by atoms with Crippen LogP contribution in [0.3, 0.4) is 0 Å². The summed E-state index contributed by atoms with van der Waals surface area (Å²) in [6.07, 6.45) is -0.00141. The molecular formula is C18H19ClN2O5S. The Morgan fingerprint density at radius 1 is 1.19 bits per heavy atom. The van der Waals surface area contributed by atoms with Crippen molar-refractivity contribution < 1.29 is 22.7 Å². The van der Waals surface area contributed by atoms with Gasteiger partial charge in [-0.1, -0.05) is 29.8 Å². The molecule has 0 aromatic heterocycles. The molecule has 0 saturated carbocycles. The average Bonchev–Trinajstić information content (AvgIpc) is 3.09. The van der Waals surface area contributed by atoms with E-state index in [0.717, 1.165) is 5.56 Å². The summed E-state index contributed by atoms with van der Waals surface area (Å²) in [6, 6.07) is 11.3. The van der Waals surface area contributed by atoms with Crippen LogP contribution in [-0.2, 0) is 14.8 Å². The van der Waals surface area contributed by atoms with Gasteiger partial charge in [0.25, 0.3) is 0 Å². The number of hydrogen-bond acceptors (Lipinski definition) is 5.